The van der Waals surface area contributed by atoms with Crippen molar-refractivity contribution in [2.75, 3.05) is 18.8 Å². The second-order valence-electron chi connectivity index (χ2n) is 4.75. The van der Waals surface area contributed by atoms with E-state index < -0.39 is 0 Å². The Labute approximate surface area is 119 Å². The lowest BCUT2D eigenvalue weighted by molar-refractivity contribution is -0.130. The molecule has 2 unspecified atom stereocenters. The molecule has 1 aromatic carbocycles. The molecule has 0 radical (unpaired) electrons. The fraction of sp³-hybridized carbons (Fsp3) is 0.462. The number of hydrogen-bond donors (Lipinski definition) is 1. The van der Waals surface area contributed by atoms with Crippen LogP contribution in [0.5, 0.6) is 0 Å². The Morgan fingerprint density at radius 2 is 2.17 bits per heavy atom. The van der Waals surface area contributed by atoms with Crippen LogP contribution in [-0.2, 0) is 10.3 Å². The normalized spacial score (nSPS) is 30.8. The maximum atomic E-state index is 11.8. The lowest BCUT2D eigenvalue weighted by Gasteiger charge is -2.45. The molecule has 2 atom stereocenters. The molecule has 1 amide bonds. The van der Waals surface area contributed by atoms with Crippen LogP contribution in [0.3, 0.4) is 0 Å². The van der Waals surface area contributed by atoms with Crippen molar-refractivity contribution in [3.05, 3.63) is 35.9 Å². The molecule has 0 saturated carbocycles. The number of carbonyl (C=O) groups is 1. The molecule has 2 aliphatic heterocycles. The first-order valence-corrected chi connectivity index (χ1v) is 6.98. The summed E-state index contributed by atoms with van der Waals surface area (Å²) in [6.45, 7) is 3.90. The largest absolute Gasteiger partial charge is 1.00 e. The minimum atomic E-state index is -0.129. The minimum absolute atomic E-state index is 0. The van der Waals surface area contributed by atoms with Gasteiger partial charge in [0.15, 0.2) is 0 Å². The van der Waals surface area contributed by atoms with E-state index in [-0.39, 0.29) is 30.7 Å². The predicted octanol–water partition coefficient (Wildman–Crippen LogP) is -1.48. The van der Waals surface area contributed by atoms with Crippen LogP contribution in [-0.4, -0.2) is 35.0 Å². The highest BCUT2D eigenvalue weighted by Crippen LogP contribution is 2.40. The van der Waals surface area contributed by atoms with Gasteiger partial charge in [0.1, 0.15) is 5.37 Å². The van der Waals surface area contributed by atoms with E-state index in [9.17, 15) is 4.79 Å². The first-order valence-electron chi connectivity index (χ1n) is 5.93. The molecule has 2 fully saturated rings. The Bertz CT molecular complexity index is 448. The van der Waals surface area contributed by atoms with E-state index in [1.807, 2.05) is 11.0 Å². The van der Waals surface area contributed by atoms with Gasteiger partial charge >= 0.3 is 1.43 Å². The van der Waals surface area contributed by atoms with Gasteiger partial charge in [-0.25, -0.2) is 0 Å². The number of thioether (sulfide) groups is 1. The Morgan fingerprint density at radius 3 is 2.89 bits per heavy atom. The molecule has 1 aromatic rings. The second-order valence-corrected chi connectivity index (χ2v) is 5.81. The molecular formula is C13H17ClN2OS. The van der Waals surface area contributed by atoms with Crippen molar-refractivity contribution in [3.8, 4) is 0 Å². The molecule has 0 aromatic heterocycles. The van der Waals surface area contributed by atoms with Crippen molar-refractivity contribution in [1.82, 2.24) is 10.2 Å². The summed E-state index contributed by atoms with van der Waals surface area (Å²) in [5.41, 5.74) is 1.13. The summed E-state index contributed by atoms with van der Waals surface area (Å²) in [4.78, 5) is 13.8. The van der Waals surface area contributed by atoms with Crippen LogP contribution in [0.4, 0.5) is 0 Å². The zero-order chi connectivity index (χ0) is 11.9. The Morgan fingerprint density at radius 1 is 1.44 bits per heavy atom. The summed E-state index contributed by atoms with van der Waals surface area (Å²) in [6, 6.07) is 10.4. The average molecular weight is 285 g/mol. The fourth-order valence-electron chi connectivity index (χ4n) is 2.73. The highest BCUT2D eigenvalue weighted by molar-refractivity contribution is 8.01. The van der Waals surface area contributed by atoms with Gasteiger partial charge in [0.25, 0.3) is 0 Å². The molecule has 3 rings (SSSR count). The highest BCUT2D eigenvalue weighted by atomic mass is 35.5. The first kappa shape index (κ1) is 13.7. The number of fused-ring (bicyclic) bond motifs is 1. The highest BCUT2D eigenvalue weighted by Gasteiger charge is 2.47. The summed E-state index contributed by atoms with van der Waals surface area (Å²) < 4.78 is 0. The number of benzene rings is 1. The van der Waals surface area contributed by atoms with Gasteiger partial charge in [-0.1, -0.05) is 30.3 Å². The summed E-state index contributed by atoms with van der Waals surface area (Å²) in [5.74, 6) is 0.901. The van der Waals surface area contributed by atoms with Gasteiger partial charge in [-0.15, -0.1) is 11.8 Å². The third kappa shape index (κ3) is 2.02. The van der Waals surface area contributed by atoms with Crippen LogP contribution in [0, 0.1) is 0 Å². The van der Waals surface area contributed by atoms with Crippen LogP contribution in [0.1, 0.15) is 13.9 Å². The van der Waals surface area contributed by atoms with Gasteiger partial charge in [-0.05, 0) is 12.5 Å². The Kier molecular flexibility index (Phi) is 3.90. The van der Waals surface area contributed by atoms with E-state index in [1.165, 1.54) is 5.56 Å². The van der Waals surface area contributed by atoms with Gasteiger partial charge in [-0.2, -0.15) is 0 Å². The zero-order valence-electron chi connectivity index (χ0n) is 11.2. The summed E-state index contributed by atoms with van der Waals surface area (Å²) in [7, 11) is 0. The van der Waals surface area contributed by atoms with E-state index in [2.05, 4.69) is 36.5 Å². The number of halogens is 1. The van der Waals surface area contributed by atoms with E-state index in [0.717, 1.165) is 13.1 Å². The molecule has 3 nitrogen and oxygen atoms in total. The standard InChI is InChI=1S/C13H16N2OS.ClH/c1-13(10-5-3-2-4-6-10)12-15(8-7-14-13)11(16)9-17-12;/h2-6,12,14H,7-9H2,1H3;1H. The van der Waals surface area contributed by atoms with Crippen molar-refractivity contribution in [2.45, 2.75) is 17.8 Å². The van der Waals surface area contributed by atoms with E-state index >= 15 is 0 Å². The van der Waals surface area contributed by atoms with Gasteiger partial charge in [-0.3, -0.25) is 4.79 Å². The number of rotatable bonds is 1. The van der Waals surface area contributed by atoms with Crippen molar-refractivity contribution < 1.29 is 18.6 Å². The number of nitrogens with one attached hydrogen (secondary N) is 1. The maximum absolute atomic E-state index is 11.8. The maximum Gasteiger partial charge on any atom is 1.00 e. The van der Waals surface area contributed by atoms with Crippen LogP contribution in [0.15, 0.2) is 30.3 Å². The molecule has 2 aliphatic rings. The van der Waals surface area contributed by atoms with Gasteiger partial charge in [0, 0.05) is 13.1 Å². The van der Waals surface area contributed by atoms with Crippen molar-refractivity contribution in [2.24, 2.45) is 0 Å². The lowest BCUT2D eigenvalue weighted by Crippen LogP contribution is -3.00. The number of hydrogen-bond acceptors (Lipinski definition) is 3. The smallest absolute Gasteiger partial charge is 1.00 e. The number of amides is 1. The molecule has 2 heterocycles. The molecule has 0 spiro atoms. The Balaban J connectivity index is 0.000000902. The van der Waals surface area contributed by atoms with Crippen LogP contribution >= 0.6 is 11.8 Å². The molecular weight excluding hydrogens is 268 g/mol. The summed E-state index contributed by atoms with van der Waals surface area (Å²) in [6.07, 6.45) is 0. The number of piperazine rings is 1. The summed E-state index contributed by atoms with van der Waals surface area (Å²) >= 11 is 1.75. The SMILES string of the molecule is CC1(c2ccccc2)NCCN2C(=O)CSC21.[Cl-].[H+]. The van der Waals surface area contributed by atoms with Gasteiger partial charge in [0.2, 0.25) is 5.91 Å². The Hall–Kier alpha value is -0.710. The molecule has 0 aliphatic carbocycles. The van der Waals surface area contributed by atoms with E-state index in [4.69, 9.17) is 0 Å². The molecule has 2 saturated heterocycles. The third-order valence-electron chi connectivity index (χ3n) is 3.68. The third-order valence-corrected chi connectivity index (χ3v) is 5.14. The zero-order valence-corrected chi connectivity index (χ0v) is 11.8. The quantitative estimate of drug-likeness (QED) is 0.683. The first-order chi connectivity index (χ1) is 8.22. The monoisotopic (exact) mass is 284 g/mol. The molecule has 18 heavy (non-hydrogen) atoms. The van der Waals surface area contributed by atoms with E-state index in [1.54, 1.807) is 11.8 Å². The van der Waals surface area contributed by atoms with Crippen LogP contribution in [0.2, 0.25) is 0 Å². The lowest BCUT2D eigenvalue weighted by atomic mass is 9.89. The van der Waals surface area contributed by atoms with Crippen molar-refractivity contribution in [3.63, 3.8) is 0 Å². The number of nitrogens with zero attached hydrogens (tertiary/aromatic N) is 1. The van der Waals surface area contributed by atoms with Crippen molar-refractivity contribution >= 4 is 17.7 Å². The molecule has 98 valence electrons. The number of carbonyl (C=O) groups excluding carboxylic acids is 1. The van der Waals surface area contributed by atoms with Crippen molar-refractivity contribution in [1.29, 1.82) is 0 Å². The molecule has 5 heteroatoms. The van der Waals surface area contributed by atoms with Crippen LogP contribution < -0.4 is 17.7 Å². The molecule has 1 N–H and O–H groups in total. The summed E-state index contributed by atoms with van der Waals surface area (Å²) in [5, 5.41) is 3.82. The van der Waals surface area contributed by atoms with Crippen LogP contribution in [0.25, 0.3) is 0 Å². The minimum Gasteiger partial charge on any atom is -1.00 e. The second kappa shape index (κ2) is 5.11. The average Bonchev–Trinajstić information content (AvgIpc) is 2.74. The molecule has 0 bridgehead atoms. The topological polar surface area (TPSA) is 32.3 Å². The fourth-order valence-corrected chi connectivity index (χ4v) is 4.15. The van der Waals surface area contributed by atoms with Gasteiger partial charge < -0.3 is 22.6 Å². The van der Waals surface area contributed by atoms with Gasteiger partial charge in [0.05, 0.1) is 11.3 Å². The predicted molar refractivity (Wildman–Crippen MR) is 70.9 cm³/mol. The van der Waals surface area contributed by atoms with E-state index in [0.29, 0.717) is 5.75 Å².